The van der Waals surface area contributed by atoms with Gasteiger partial charge in [-0.25, -0.2) is 17.5 Å². The molecule has 6 heteroatoms. The number of benzene rings is 1. The molecule has 0 saturated heterocycles. The topological polar surface area (TPSA) is 72.2 Å². The minimum Gasteiger partial charge on any atom is -0.324 e. The van der Waals surface area contributed by atoms with E-state index in [0.717, 1.165) is 0 Å². The van der Waals surface area contributed by atoms with Crippen molar-refractivity contribution in [1.29, 1.82) is 0 Å². The van der Waals surface area contributed by atoms with Crippen LogP contribution in [0.4, 0.5) is 4.39 Å². The third-order valence-electron chi connectivity index (χ3n) is 2.02. The van der Waals surface area contributed by atoms with Crippen molar-refractivity contribution in [3.8, 4) is 0 Å². The number of rotatable bonds is 5. The molecular formula is C11H17FN2O2S. The molecule has 0 fully saturated rings. The maximum atomic E-state index is 12.6. The van der Waals surface area contributed by atoms with Crippen molar-refractivity contribution in [2.75, 3.05) is 6.54 Å². The van der Waals surface area contributed by atoms with Crippen molar-refractivity contribution in [1.82, 2.24) is 4.72 Å². The van der Waals surface area contributed by atoms with E-state index < -0.39 is 15.6 Å². The van der Waals surface area contributed by atoms with E-state index in [1.165, 1.54) is 24.3 Å². The summed E-state index contributed by atoms with van der Waals surface area (Å²) in [5, 5.41) is 0. The van der Waals surface area contributed by atoms with Gasteiger partial charge in [0.2, 0.25) is 10.0 Å². The lowest BCUT2D eigenvalue weighted by atomic mass is 10.1. The molecule has 0 bridgehead atoms. The van der Waals surface area contributed by atoms with E-state index in [-0.39, 0.29) is 18.1 Å². The Morgan fingerprint density at radius 3 is 2.29 bits per heavy atom. The van der Waals surface area contributed by atoms with Gasteiger partial charge in [-0.2, -0.15) is 0 Å². The third-order valence-corrected chi connectivity index (χ3v) is 3.32. The molecule has 0 aliphatic rings. The van der Waals surface area contributed by atoms with Crippen molar-refractivity contribution >= 4 is 10.0 Å². The molecule has 0 heterocycles. The molecule has 4 nitrogen and oxygen atoms in total. The van der Waals surface area contributed by atoms with Crippen LogP contribution in [-0.4, -0.2) is 20.5 Å². The Hall–Kier alpha value is -0.980. The number of halogens is 1. The summed E-state index contributed by atoms with van der Waals surface area (Å²) in [7, 11) is -3.43. The second-order valence-corrected chi connectivity index (χ2v) is 6.50. The van der Waals surface area contributed by atoms with Crippen LogP contribution in [0.1, 0.15) is 19.4 Å². The Balaban J connectivity index is 2.64. The first-order valence-corrected chi connectivity index (χ1v) is 6.84. The Morgan fingerprint density at radius 1 is 1.29 bits per heavy atom. The van der Waals surface area contributed by atoms with Crippen LogP contribution in [0.25, 0.3) is 0 Å². The number of sulfonamides is 1. The molecule has 96 valence electrons. The fourth-order valence-electron chi connectivity index (χ4n) is 1.15. The van der Waals surface area contributed by atoms with Crippen LogP contribution in [-0.2, 0) is 15.8 Å². The highest BCUT2D eigenvalue weighted by Gasteiger charge is 2.17. The van der Waals surface area contributed by atoms with Gasteiger partial charge >= 0.3 is 0 Å². The van der Waals surface area contributed by atoms with Gasteiger partial charge in [-0.3, -0.25) is 0 Å². The Labute approximate surface area is 101 Å². The molecule has 1 aromatic rings. The predicted molar refractivity (Wildman–Crippen MR) is 65.3 cm³/mol. The van der Waals surface area contributed by atoms with Gasteiger partial charge in [0, 0.05) is 12.1 Å². The number of hydrogen-bond acceptors (Lipinski definition) is 3. The summed E-state index contributed by atoms with van der Waals surface area (Å²) in [6.07, 6.45) is 0. The Kier molecular flexibility index (Phi) is 4.24. The van der Waals surface area contributed by atoms with Crippen LogP contribution in [0.2, 0.25) is 0 Å². The summed E-state index contributed by atoms with van der Waals surface area (Å²) in [4.78, 5) is 0. The minimum atomic E-state index is -3.43. The van der Waals surface area contributed by atoms with Crippen molar-refractivity contribution < 1.29 is 12.8 Å². The zero-order valence-corrected chi connectivity index (χ0v) is 10.7. The Morgan fingerprint density at radius 2 is 1.82 bits per heavy atom. The second kappa shape index (κ2) is 5.12. The lowest BCUT2D eigenvalue weighted by Crippen LogP contribution is -2.45. The van der Waals surface area contributed by atoms with Crippen molar-refractivity contribution in [2.45, 2.75) is 25.1 Å². The van der Waals surface area contributed by atoms with Gasteiger partial charge in [-0.15, -0.1) is 0 Å². The van der Waals surface area contributed by atoms with Gasteiger partial charge in [0.25, 0.3) is 0 Å². The fraction of sp³-hybridized carbons (Fsp3) is 0.455. The summed E-state index contributed by atoms with van der Waals surface area (Å²) < 4.78 is 38.4. The Bertz CT molecular complexity index is 463. The van der Waals surface area contributed by atoms with Gasteiger partial charge in [-0.05, 0) is 31.5 Å². The maximum Gasteiger partial charge on any atom is 0.215 e. The van der Waals surface area contributed by atoms with E-state index in [1.807, 2.05) is 0 Å². The summed E-state index contributed by atoms with van der Waals surface area (Å²) in [5.74, 6) is -0.564. The zero-order chi connectivity index (χ0) is 13.1. The van der Waals surface area contributed by atoms with Crippen LogP contribution in [0, 0.1) is 5.82 Å². The van der Waals surface area contributed by atoms with Crippen molar-refractivity contribution in [3.63, 3.8) is 0 Å². The van der Waals surface area contributed by atoms with E-state index >= 15 is 0 Å². The van der Waals surface area contributed by atoms with Crippen molar-refractivity contribution in [3.05, 3.63) is 35.6 Å². The molecule has 0 spiro atoms. The average Bonchev–Trinajstić information content (AvgIpc) is 2.18. The molecule has 0 atom stereocenters. The highest BCUT2D eigenvalue weighted by atomic mass is 32.2. The predicted octanol–water partition coefficient (Wildman–Crippen LogP) is 0.982. The largest absolute Gasteiger partial charge is 0.324 e. The SMILES string of the molecule is CC(C)(N)CNS(=O)(=O)Cc1ccc(F)cc1. The molecule has 1 rings (SSSR count). The molecular weight excluding hydrogens is 243 g/mol. The fourth-order valence-corrected chi connectivity index (χ4v) is 2.47. The summed E-state index contributed by atoms with van der Waals surface area (Å²) in [6.45, 7) is 3.62. The number of nitrogens with one attached hydrogen (secondary N) is 1. The van der Waals surface area contributed by atoms with Crippen molar-refractivity contribution in [2.24, 2.45) is 5.73 Å². The first kappa shape index (κ1) is 14.1. The molecule has 0 radical (unpaired) electrons. The molecule has 0 saturated carbocycles. The van der Waals surface area contributed by atoms with E-state index in [4.69, 9.17) is 5.73 Å². The molecule has 0 aliphatic heterocycles. The number of nitrogens with two attached hydrogens (primary N) is 1. The second-order valence-electron chi connectivity index (χ2n) is 4.70. The van der Waals surface area contributed by atoms with Gasteiger partial charge in [0.1, 0.15) is 5.82 Å². The summed E-state index contributed by atoms with van der Waals surface area (Å²) in [5.41, 5.74) is 5.61. The standard InChI is InChI=1S/C11H17FN2O2S/c1-11(2,13)8-14-17(15,16)7-9-3-5-10(12)6-4-9/h3-6,14H,7-8,13H2,1-2H3. The van der Waals surface area contributed by atoms with Crippen LogP contribution in [0.3, 0.4) is 0 Å². The summed E-state index contributed by atoms with van der Waals surface area (Å²) in [6, 6.07) is 5.36. The number of hydrogen-bond donors (Lipinski definition) is 2. The highest BCUT2D eigenvalue weighted by molar-refractivity contribution is 7.88. The lowest BCUT2D eigenvalue weighted by Gasteiger charge is -2.18. The first-order chi connectivity index (χ1) is 7.68. The monoisotopic (exact) mass is 260 g/mol. The van der Waals surface area contributed by atoms with Gasteiger partial charge in [0.15, 0.2) is 0 Å². The molecule has 1 aromatic carbocycles. The van der Waals surface area contributed by atoms with E-state index in [1.54, 1.807) is 13.8 Å². The van der Waals surface area contributed by atoms with Crippen LogP contribution >= 0.6 is 0 Å². The molecule has 17 heavy (non-hydrogen) atoms. The summed E-state index contributed by atoms with van der Waals surface area (Å²) >= 11 is 0. The maximum absolute atomic E-state index is 12.6. The molecule has 0 aromatic heterocycles. The van der Waals surface area contributed by atoms with Gasteiger partial charge in [0.05, 0.1) is 5.75 Å². The zero-order valence-electron chi connectivity index (χ0n) is 9.90. The molecule has 0 unspecified atom stereocenters. The van der Waals surface area contributed by atoms with Gasteiger partial charge in [-0.1, -0.05) is 12.1 Å². The van der Waals surface area contributed by atoms with E-state index in [2.05, 4.69) is 4.72 Å². The minimum absolute atomic E-state index is 0.163. The van der Waals surface area contributed by atoms with Crippen LogP contribution in [0.5, 0.6) is 0 Å². The molecule has 0 aliphatic carbocycles. The lowest BCUT2D eigenvalue weighted by molar-refractivity contribution is 0.497. The molecule has 0 amide bonds. The smallest absolute Gasteiger partial charge is 0.215 e. The third kappa shape index (κ3) is 5.76. The highest BCUT2D eigenvalue weighted by Crippen LogP contribution is 2.07. The van der Waals surface area contributed by atoms with Crippen LogP contribution < -0.4 is 10.5 Å². The first-order valence-electron chi connectivity index (χ1n) is 5.19. The average molecular weight is 260 g/mol. The normalized spacial score (nSPS) is 12.7. The van der Waals surface area contributed by atoms with Gasteiger partial charge < -0.3 is 5.73 Å². The molecule has 3 N–H and O–H groups in total. The quantitative estimate of drug-likeness (QED) is 0.829. The van der Waals surface area contributed by atoms with Crippen LogP contribution in [0.15, 0.2) is 24.3 Å². The van der Waals surface area contributed by atoms with E-state index in [0.29, 0.717) is 5.56 Å². The van der Waals surface area contributed by atoms with E-state index in [9.17, 15) is 12.8 Å².